The van der Waals surface area contributed by atoms with Gasteiger partial charge in [-0.2, -0.15) is 0 Å². The second-order valence-electron chi connectivity index (χ2n) is 4.32. The summed E-state index contributed by atoms with van der Waals surface area (Å²) in [5.41, 5.74) is 1.53. The molecular formula is C15H21NO3. The molecule has 2 atom stereocenters. The lowest BCUT2D eigenvalue weighted by atomic mass is 9.99. The van der Waals surface area contributed by atoms with Gasteiger partial charge in [0.1, 0.15) is 12.2 Å². The molecule has 0 radical (unpaired) electrons. The summed E-state index contributed by atoms with van der Waals surface area (Å²) in [6.07, 6.45) is 0.498. The van der Waals surface area contributed by atoms with Crippen LogP contribution in [0, 0.1) is 0 Å². The zero-order valence-electron chi connectivity index (χ0n) is 11.4. The van der Waals surface area contributed by atoms with E-state index in [1.54, 1.807) is 19.1 Å². The number of aliphatic hydroxyl groups is 1. The standard InChI is InChI=1S/C15H21NO3/c1-4-10-16-15(18)19-11(3)14(17)13-9-7-6-8-12(13)5-2/h5-9,11,14,17H,2,4,10H2,1,3H3,(H,16,18)/t11-,14+/m1/s1. The lowest BCUT2D eigenvalue weighted by molar-refractivity contribution is 0.0119. The Balaban J connectivity index is 2.68. The van der Waals surface area contributed by atoms with E-state index in [4.69, 9.17) is 4.74 Å². The van der Waals surface area contributed by atoms with Crippen LogP contribution in [0.4, 0.5) is 4.79 Å². The SMILES string of the molecule is C=Cc1ccccc1[C@@H](O)[C@@H](C)OC(=O)NCCC. The number of carbonyl (C=O) groups excluding carboxylic acids is 1. The van der Waals surface area contributed by atoms with E-state index < -0.39 is 18.3 Å². The number of aliphatic hydroxyl groups excluding tert-OH is 1. The fourth-order valence-corrected chi connectivity index (χ4v) is 1.72. The molecule has 4 nitrogen and oxygen atoms in total. The van der Waals surface area contributed by atoms with Gasteiger partial charge in [0.15, 0.2) is 0 Å². The van der Waals surface area contributed by atoms with Crippen molar-refractivity contribution < 1.29 is 14.6 Å². The molecule has 0 heterocycles. The third-order valence-electron chi connectivity index (χ3n) is 2.79. The lowest BCUT2D eigenvalue weighted by Gasteiger charge is -2.21. The third kappa shape index (κ3) is 4.41. The molecule has 1 rings (SSSR count). The van der Waals surface area contributed by atoms with Crippen LogP contribution >= 0.6 is 0 Å². The van der Waals surface area contributed by atoms with Crippen LogP contribution in [0.15, 0.2) is 30.8 Å². The fraction of sp³-hybridized carbons (Fsp3) is 0.400. The number of carbonyl (C=O) groups is 1. The van der Waals surface area contributed by atoms with Gasteiger partial charge in [0, 0.05) is 6.54 Å². The van der Waals surface area contributed by atoms with E-state index in [0.717, 1.165) is 12.0 Å². The van der Waals surface area contributed by atoms with Gasteiger partial charge in [-0.05, 0) is 24.5 Å². The molecule has 104 valence electrons. The number of alkyl carbamates (subject to hydrolysis) is 1. The maximum Gasteiger partial charge on any atom is 0.407 e. The van der Waals surface area contributed by atoms with Gasteiger partial charge in [-0.1, -0.05) is 43.8 Å². The van der Waals surface area contributed by atoms with Crippen molar-refractivity contribution >= 4 is 12.2 Å². The minimum absolute atomic E-state index is 0.510. The topological polar surface area (TPSA) is 58.6 Å². The molecule has 1 amide bonds. The van der Waals surface area contributed by atoms with E-state index in [0.29, 0.717) is 12.1 Å². The first-order chi connectivity index (χ1) is 9.10. The average Bonchev–Trinajstić information content (AvgIpc) is 2.44. The number of rotatable bonds is 6. The molecule has 1 aromatic carbocycles. The van der Waals surface area contributed by atoms with Gasteiger partial charge in [0.05, 0.1) is 0 Å². The van der Waals surface area contributed by atoms with Crippen LogP contribution in [0.2, 0.25) is 0 Å². The van der Waals surface area contributed by atoms with Gasteiger partial charge >= 0.3 is 6.09 Å². The molecule has 0 aliphatic rings. The van der Waals surface area contributed by atoms with Crippen LogP contribution in [-0.4, -0.2) is 23.8 Å². The number of hydrogen-bond acceptors (Lipinski definition) is 3. The molecule has 4 heteroatoms. The highest BCUT2D eigenvalue weighted by molar-refractivity contribution is 5.67. The molecule has 0 aliphatic heterocycles. The monoisotopic (exact) mass is 263 g/mol. The molecular weight excluding hydrogens is 242 g/mol. The number of amides is 1. The second-order valence-corrected chi connectivity index (χ2v) is 4.32. The van der Waals surface area contributed by atoms with E-state index in [1.165, 1.54) is 0 Å². The molecule has 2 N–H and O–H groups in total. The summed E-state index contributed by atoms with van der Waals surface area (Å²) in [7, 11) is 0. The minimum atomic E-state index is -0.874. The van der Waals surface area contributed by atoms with Gasteiger partial charge in [-0.15, -0.1) is 0 Å². The van der Waals surface area contributed by atoms with Crippen molar-refractivity contribution in [1.82, 2.24) is 5.32 Å². The van der Waals surface area contributed by atoms with Gasteiger partial charge in [0.25, 0.3) is 0 Å². The van der Waals surface area contributed by atoms with Crippen molar-refractivity contribution in [3.63, 3.8) is 0 Å². The number of hydrogen-bond donors (Lipinski definition) is 2. The molecule has 0 bridgehead atoms. The highest BCUT2D eigenvalue weighted by Crippen LogP contribution is 2.23. The summed E-state index contributed by atoms with van der Waals surface area (Å²) >= 11 is 0. The van der Waals surface area contributed by atoms with Crippen molar-refractivity contribution in [3.05, 3.63) is 42.0 Å². The summed E-state index contributed by atoms with van der Waals surface area (Å²) in [4.78, 5) is 11.4. The van der Waals surface area contributed by atoms with Crippen LogP contribution in [0.1, 0.15) is 37.5 Å². The molecule has 0 aromatic heterocycles. The van der Waals surface area contributed by atoms with E-state index >= 15 is 0 Å². The smallest absolute Gasteiger partial charge is 0.407 e. The summed E-state index contributed by atoms with van der Waals surface area (Å²) in [6, 6.07) is 7.35. The number of ether oxygens (including phenoxy) is 1. The third-order valence-corrected chi connectivity index (χ3v) is 2.79. The summed E-state index contributed by atoms with van der Waals surface area (Å²) in [5, 5.41) is 12.8. The van der Waals surface area contributed by atoms with Gasteiger partial charge in [-0.25, -0.2) is 4.79 Å². The first-order valence-corrected chi connectivity index (χ1v) is 6.44. The lowest BCUT2D eigenvalue weighted by Crippen LogP contribution is -2.31. The highest BCUT2D eigenvalue weighted by Gasteiger charge is 2.21. The van der Waals surface area contributed by atoms with Crippen LogP contribution in [-0.2, 0) is 4.74 Å². The quantitative estimate of drug-likeness (QED) is 0.829. The Bertz CT molecular complexity index is 431. The number of nitrogens with one attached hydrogen (secondary N) is 1. The van der Waals surface area contributed by atoms with Crippen LogP contribution in [0.3, 0.4) is 0 Å². The zero-order valence-corrected chi connectivity index (χ0v) is 11.4. The highest BCUT2D eigenvalue weighted by atomic mass is 16.6. The molecule has 19 heavy (non-hydrogen) atoms. The maximum atomic E-state index is 11.4. The van der Waals surface area contributed by atoms with Crippen molar-refractivity contribution in [1.29, 1.82) is 0 Å². The second kappa shape index (κ2) is 7.59. The Labute approximate surface area is 114 Å². The Morgan fingerprint density at radius 3 is 2.84 bits per heavy atom. The minimum Gasteiger partial charge on any atom is -0.443 e. The van der Waals surface area contributed by atoms with E-state index in [2.05, 4.69) is 11.9 Å². The van der Waals surface area contributed by atoms with E-state index in [-0.39, 0.29) is 0 Å². The predicted molar refractivity (Wildman–Crippen MR) is 75.7 cm³/mol. The fourth-order valence-electron chi connectivity index (χ4n) is 1.72. The summed E-state index contributed by atoms with van der Waals surface area (Å²) in [5.74, 6) is 0. The van der Waals surface area contributed by atoms with Crippen LogP contribution in [0.25, 0.3) is 6.08 Å². The van der Waals surface area contributed by atoms with Crippen molar-refractivity contribution in [2.24, 2.45) is 0 Å². The van der Waals surface area contributed by atoms with Crippen molar-refractivity contribution in [2.75, 3.05) is 6.54 Å². The van der Waals surface area contributed by atoms with Gasteiger partial charge < -0.3 is 15.2 Å². The molecule has 0 aliphatic carbocycles. The molecule has 0 saturated heterocycles. The molecule has 1 aromatic rings. The molecule has 0 spiro atoms. The zero-order chi connectivity index (χ0) is 14.3. The van der Waals surface area contributed by atoms with Crippen molar-refractivity contribution in [3.8, 4) is 0 Å². The molecule has 0 saturated carbocycles. The Morgan fingerprint density at radius 1 is 1.53 bits per heavy atom. The predicted octanol–water partition coefficient (Wildman–Crippen LogP) is 2.89. The maximum absolute atomic E-state index is 11.4. The average molecular weight is 263 g/mol. The molecule has 0 unspecified atom stereocenters. The number of benzene rings is 1. The van der Waals surface area contributed by atoms with E-state index in [1.807, 2.05) is 25.1 Å². The van der Waals surface area contributed by atoms with Gasteiger partial charge in [0.2, 0.25) is 0 Å². The van der Waals surface area contributed by atoms with E-state index in [9.17, 15) is 9.90 Å². The largest absolute Gasteiger partial charge is 0.443 e. The summed E-state index contributed by atoms with van der Waals surface area (Å²) < 4.78 is 5.13. The Hall–Kier alpha value is -1.81. The first kappa shape index (κ1) is 15.2. The normalized spacial score (nSPS) is 13.4. The Morgan fingerprint density at radius 2 is 2.21 bits per heavy atom. The first-order valence-electron chi connectivity index (χ1n) is 6.44. The van der Waals surface area contributed by atoms with Gasteiger partial charge in [-0.3, -0.25) is 0 Å². The van der Waals surface area contributed by atoms with Crippen LogP contribution in [0.5, 0.6) is 0 Å². The van der Waals surface area contributed by atoms with Crippen molar-refractivity contribution in [2.45, 2.75) is 32.5 Å². The molecule has 0 fully saturated rings. The Kier molecular flexibility index (Phi) is 6.09. The van der Waals surface area contributed by atoms with Crippen LogP contribution < -0.4 is 5.32 Å². The summed E-state index contributed by atoms with van der Waals surface area (Å²) in [6.45, 7) is 7.88.